The van der Waals surface area contributed by atoms with Gasteiger partial charge in [0.1, 0.15) is 5.69 Å². The minimum absolute atomic E-state index is 0.113. The molecule has 0 bridgehead atoms. The van der Waals surface area contributed by atoms with Crippen molar-refractivity contribution in [1.82, 2.24) is 4.57 Å². The lowest BCUT2D eigenvalue weighted by molar-refractivity contribution is 0.503. The van der Waals surface area contributed by atoms with Gasteiger partial charge in [-0.3, -0.25) is 4.79 Å². The second-order valence-corrected chi connectivity index (χ2v) is 3.82. The normalized spacial score (nSPS) is 17.2. The van der Waals surface area contributed by atoms with Crippen LogP contribution in [0.15, 0.2) is 23.1 Å². The summed E-state index contributed by atoms with van der Waals surface area (Å²) in [6.45, 7) is 0. The third kappa shape index (κ3) is 1.54. The van der Waals surface area contributed by atoms with E-state index in [0.29, 0.717) is 11.7 Å². The molecule has 2 rings (SSSR count). The molecule has 1 fully saturated rings. The predicted octanol–water partition coefficient (Wildman–Crippen LogP) is 2.01. The lowest BCUT2D eigenvalue weighted by Gasteiger charge is -2.14. The maximum atomic E-state index is 11.9. The molecule has 0 atom stereocenters. The van der Waals surface area contributed by atoms with E-state index < -0.39 is 0 Å². The molecule has 1 aliphatic carbocycles. The van der Waals surface area contributed by atoms with Crippen LogP contribution in [0.2, 0.25) is 0 Å². The molecule has 14 heavy (non-hydrogen) atoms. The Labute approximate surface area is 83.8 Å². The average molecular weight is 192 g/mol. The van der Waals surface area contributed by atoms with Crippen molar-refractivity contribution in [3.8, 4) is 0 Å². The van der Waals surface area contributed by atoms with Gasteiger partial charge in [-0.2, -0.15) is 0 Å². The molecule has 1 saturated carbocycles. The SMILES string of the molecule is CNc1cccn(C2CCCC2)c1=O. The first kappa shape index (κ1) is 9.31. The maximum Gasteiger partial charge on any atom is 0.274 e. The molecular formula is C11H16N2O. The minimum atomic E-state index is 0.113. The number of anilines is 1. The van der Waals surface area contributed by atoms with Crippen LogP contribution in [0.25, 0.3) is 0 Å². The van der Waals surface area contributed by atoms with Gasteiger partial charge in [-0.05, 0) is 25.0 Å². The standard InChI is InChI=1S/C11H16N2O/c1-12-10-7-4-8-13(11(10)14)9-5-2-3-6-9/h4,7-9,12H,2-3,5-6H2,1H3. The summed E-state index contributed by atoms with van der Waals surface area (Å²) < 4.78 is 1.87. The molecule has 0 spiro atoms. The van der Waals surface area contributed by atoms with Gasteiger partial charge in [-0.1, -0.05) is 12.8 Å². The van der Waals surface area contributed by atoms with Crippen molar-refractivity contribution < 1.29 is 0 Å². The van der Waals surface area contributed by atoms with Crippen molar-refractivity contribution in [1.29, 1.82) is 0 Å². The molecule has 0 amide bonds. The van der Waals surface area contributed by atoms with Crippen molar-refractivity contribution >= 4 is 5.69 Å². The Morgan fingerprint density at radius 3 is 2.79 bits per heavy atom. The number of aromatic nitrogens is 1. The number of hydrogen-bond donors (Lipinski definition) is 1. The van der Waals surface area contributed by atoms with Gasteiger partial charge in [0.05, 0.1) is 0 Å². The number of rotatable bonds is 2. The van der Waals surface area contributed by atoms with E-state index >= 15 is 0 Å². The number of hydrogen-bond acceptors (Lipinski definition) is 2. The molecule has 1 N–H and O–H groups in total. The first-order valence-electron chi connectivity index (χ1n) is 5.22. The maximum absolute atomic E-state index is 11.9. The van der Waals surface area contributed by atoms with Crippen LogP contribution in [0.1, 0.15) is 31.7 Å². The summed E-state index contributed by atoms with van der Waals surface area (Å²) in [4.78, 5) is 11.9. The second-order valence-electron chi connectivity index (χ2n) is 3.82. The van der Waals surface area contributed by atoms with Gasteiger partial charge in [-0.15, -0.1) is 0 Å². The van der Waals surface area contributed by atoms with Crippen LogP contribution in [-0.2, 0) is 0 Å². The van der Waals surface area contributed by atoms with Crippen LogP contribution in [0.5, 0.6) is 0 Å². The molecule has 0 aliphatic heterocycles. The third-order valence-corrected chi connectivity index (χ3v) is 2.96. The molecule has 0 radical (unpaired) electrons. The van der Waals surface area contributed by atoms with E-state index in [1.807, 2.05) is 22.9 Å². The highest BCUT2D eigenvalue weighted by molar-refractivity contribution is 5.39. The van der Waals surface area contributed by atoms with E-state index in [4.69, 9.17) is 0 Å². The Hall–Kier alpha value is -1.25. The van der Waals surface area contributed by atoms with Crippen LogP contribution in [0.3, 0.4) is 0 Å². The summed E-state index contributed by atoms with van der Waals surface area (Å²) in [6, 6.07) is 4.19. The first-order valence-corrected chi connectivity index (χ1v) is 5.22. The molecule has 1 aromatic rings. The van der Waals surface area contributed by atoms with E-state index in [2.05, 4.69) is 5.32 Å². The summed E-state index contributed by atoms with van der Waals surface area (Å²) >= 11 is 0. The Morgan fingerprint density at radius 2 is 2.14 bits per heavy atom. The van der Waals surface area contributed by atoms with E-state index in [1.165, 1.54) is 12.8 Å². The zero-order valence-corrected chi connectivity index (χ0v) is 8.49. The van der Waals surface area contributed by atoms with Crippen molar-refractivity contribution in [3.63, 3.8) is 0 Å². The number of pyridine rings is 1. The predicted molar refractivity (Wildman–Crippen MR) is 57.8 cm³/mol. The highest BCUT2D eigenvalue weighted by atomic mass is 16.1. The molecule has 1 aliphatic rings. The first-order chi connectivity index (χ1) is 6.83. The summed E-state index contributed by atoms with van der Waals surface area (Å²) in [5, 5.41) is 2.93. The molecule has 3 nitrogen and oxygen atoms in total. The van der Waals surface area contributed by atoms with Gasteiger partial charge >= 0.3 is 0 Å². The topological polar surface area (TPSA) is 34.0 Å². The Morgan fingerprint density at radius 1 is 1.43 bits per heavy atom. The van der Waals surface area contributed by atoms with Crippen LogP contribution in [0, 0.1) is 0 Å². The van der Waals surface area contributed by atoms with Gasteiger partial charge in [-0.25, -0.2) is 0 Å². The van der Waals surface area contributed by atoms with Crippen LogP contribution >= 0.6 is 0 Å². The Kier molecular flexibility index (Phi) is 2.57. The van der Waals surface area contributed by atoms with Gasteiger partial charge in [0.25, 0.3) is 5.56 Å². The van der Waals surface area contributed by atoms with E-state index in [1.54, 1.807) is 7.05 Å². The largest absolute Gasteiger partial charge is 0.384 e. The van der Waals surface area contributed by atoms with Crippen molar-refractivity contribution in [2.45, 2.75) is 31.7 Å². The van der Waals surface area contributed by atoms with Gasteiger partial charge in [0, 0.05) is 19.3 Å². The lowest BCUT2D eigenvalue weighted by atomic mass is 10.2. The summed E-state index contributed by atoms with van der Waals surface area (Å²) in [6.07, 6.45) is 6.70. The highest BCUT2D eigenvalue weighted by Gasteiger charge is 2.17. The Balaban J connectivity index is 2.37. The fourth-order valence-electron chi connectivity index (χ4n) is 2.17. The van der Waals surface area contributed by atoms with Crippen LogP contribution in [-0.4, -0.2) is 11.6 Å². The molecule has 0 unspecified atom stereocenters. The molecule has 3 heteroatoms. The quantitative estimate of drug-likeness (QED) is 0.777. The van der Waals surface area contributed by atoms with Crippen molar-refractivity contribution in [2.24, 2.45) is 0 Å². The summed E-state index contributed by atoms with van der Waals surface area (Å²) in [5.41, 5.74) is 0.807. The number of nitrogens with one attached hydrogen (secondary N) is 1. The van der Waals surface area contributed by atoms with E-state index in [9.17, 15) is 4.79 Å². The molecule has 0 saturated heterocycles. The van der Waals surface area contributed by atoms with Crippen LogP contribution < -0.4 is 10.9 Å². The Bertz CT molecular complexity index is 364. The minimum Gasteiger partial charge on any atom is -0.384 e. The lowest BCUT2D eigenvalue weighted by Crippen LogP contribution is -2.24. The zero-order chi connectivity index (χ0) is 9.97. The van der Waals surface area contributed by atoms with Gasteiger partial charge in [0.2, 0.25) is 0 Å². The van der Waals surface area contributed by atoms with E-state index in [-0.39, 0.29) is 5.56 Å². The summed E-state index contributed by atoms with van der Waals surface area (Å²) in [5.74, 6) is 0. The molecular weight excluding hydrogens is 176 g/mol. The summed E-state index contributed by atoms with van der Waals surface area (Å²) in [7, 11) is 1.79. The van der Waals surface area contributed by atoms with Crippen molar-refractivity contribution in [3.05, 3.63) is 28.7 Å². The van der Waals surface area contributed by atoms with Gasteiger partial charge < -0.3 is 9.88 Å². The fourth-order valence-corrected chi connectivity index (χ4v) is 2.17. The molecule has 76 valence electrons. The molecule has 1 heterocycles. The van der Waals surface area contributed by atoms with Crippen molar-refractivity contribution in [2.75, 3.05) is 12.4 Å². The van der Waals surface area contributed by atoms with Crippen LogP contribution in [0.4, 0.5) is 5.69 Å². The molecule has 1 aromatic heterocycles. The third-order valence-electron chi connectivity index (χ3n) is 2.96. The second kappa shape index (κ2) is 3.86. The fraction of sp³-hybridized carbons (Fsp3) is 0.545. The smallest absolute Gasteiger partial charge is 0.274 e. The highest BCUT2D eigenvalue weighted by Crippen LogP contribution is 2.28. The zero-order valence-electron chi connectivity index (χ0n) is 8.49. The molecule has 0 aromatic carbocycles. The van der Waals surface area contributed by atoms with Gasteiger partial charge in [0.15, 0.2) is 0 Å². The average Bonchev–Trinajstić information content (AvgIpc) is 2.71. The van der Waals surface area contributed by atoms with E-state index in [0.717, 1.165) is 12.8 Å². The monoisotopic (exact) mass is 192 g/mol. The number of nitrogens with zero attached hydrogens (tertiary/aromatic N) is 1.